The molecule has 3 saturated carbocycles. The van der Waals surface area contributed by atoms with Gasteiger partial charge in [0.05, 0.1) is 12.5 Å². The second-order valence-electron chi connectivity index (χ2n) is 11.9. The molecule has 0 aromatic carbocycles. The van der Waals surface area contributed by atoms with E-state index < -0.39 is 11.6 Å². The molecule has 4 aliphatic carbocycles. The van der Waals surface area contributed by atoms with E-state index in [1.165, 1.54) is 12.5 Å². The summed E-state index contributed by atoms with van der Waals surface area (Å²) in [5.74, 6) is 0.586. The zero-order valence-electron chi connectivity index (χ0n) is 22.5. The van der Waals surface area contributed by atoms with Gasteiger partial charge in [0.1, 0.15) is 18.9 Å². The van der Waals surface area contributed by atoms with Crippen LogP contribution < -0.4 is 0 Å². The Labute approximate surface area is 213 Å². The molecule has 8 atom stereocenters. The molecule has 0 bridgehead atoms. The van der Waals surface area contributed by atoms with E-state index in [4.69, 9.17) is 19.1 Å². The third kappa shape index (κ3) is 3.38. The van der Waals surface area contributed by atoms with Gasteiger partial charge in [0.15, 0.2) is 11.3 Å². The summed E-state index contributed by atoms with van der Waals surface area (Å²) in [5.41, 5.74) is 1.65. The minimum Gasteiger partial charge on any atom is -0.462 e. The zero-order valence-corrected chi connectivity index (χ0v) is 22.5. The Hall–Kier alpha value is -2.38. The molecular formula is C28H40N2O6. The van der Waals surface area contributed by atoms with Crippen LogP contribution in [0.2, 0.25) is 0 Å². The lowest BCUT2D eigenvalue weighted by Crippen LogP contribution is -2.59. The normalized spacial score (nSPS) is 43.1. The number of hydrogen-bond donors (Lipinski definition) is 0. The molecule has 0 saturated heterocycles. The Kier molecular flexibility index (Phi) is 6.23. The lowest BCUT2D eigenvalue weighted by Gasteiger charge is -2.58. The van der Waals surface area contributed by atoms with Crippen LogP contribution in [0.15, 0.2) is 22.0 Å². The van der Waals surface area contributed by atoms with Crippen LogP contribution in [0.3, 0.4) is 0 Å². The molecule has 0 spiro atoms. The van der Waals surface area contributed by atoms with Gasteiger partial charge >= 0.3 is 11.9 Å². The topological polar surface area (TPSA) is 95.8 Å². The van der Waals surface area contributed by atoms with Gasteiger partial charge in [0.25, 0.3) is 0 Å². The molecular weight excluding hydrogens is 460 g/mol. The van der Waals surface area contributed by atoms with Crippen molar-refractivity contribution in [2.45, 2.75) is 91.3 Å². The largest absolute Gasteiger partial charge is 0.462 e. The van der Waals surface area contributed by atoms with Gasteiger partial charge in [-0.15, -0.1) is 0 Å². The second kappa shape index (κ2) is 8.88. The fraction of sp³-hybridized carbons (Fsp3) is 0.786. The first-order valence-corrected chi connectivity index (χ1v) is 13.5. The molecule has 5 aliphatic rings. The number of carbonyl (C=O) groups is 2. The van der Waals surface area contributed by atoms with Crippen LogP contribution in [0, 0.1) is 34.5 Å². The first kappa shape index (κ1) is 25.3. The number of allylic oxidation sites excluding steroid dienone is 1. The predicted molar refractivity (Wildman–Crippen MR) is 134 cm³/mol. The SMILES string of the molecule is CCOC(=O)C1=NO[C@@]2(C(C)=NOC)[C@H]1C[C@@H]1[C@H]3CC=C4C[C@@H](OC(C)=O)CC[C@]4(C)[C@@H]3CC[C@@]12C. The van der Waals surface area contributed by atoms with Crippen LogP contribution >= 0.6 is 0 Å². The van der Waals surface area contributed by atoms with E-state index in [2.05, 4.69) is 30.2 Å². The fourth-order valence-electron chi connectivity index (χ4n) is 8.97. The first-order valence-electron chi connectivity index (χ1n) is 13.5. The minimum absolute atomic E-state index is 0.00834. The van der Waals surface area contributed by atoms with Crippen molar-refractivity contribution in [3.63, 3.8) is 0 Å². The average molecular weight is 501 g/mol. The van der Waals surface area contributed by atoms with Crippen LogP contribution in [0.25, 0.3) is 0 Å². The lowest BCUT2D eigenvalue weighted by atomic mass is 9.46. The molecule has 3 fully saturated rings. The lowest BCUT2D eigenvalue weighted by molar-refractivity contribution is -0.149. The Bertz CT molecular complexity index is 1040. The Morgan fingerprint density at radius 1 is 1.19 bits per heavy atom. The smallest absolute Gasteiger partial charge is 0.356 e. The molecule has 0 aromatic heterocycles. The highest BCUT2D eigenvalue weighted by Crippen LogP contribution is 2.70. The van der Waals surface area contributed by atoms with Gasteiger partial charge in [-0.1, -0.05) is 35.8 Å². The van der Waals surface area contributed by atoms with Crippen molar-refractivity contribution in [3.05, 3.63) is 11.6 Å². The molecule has 0 N–H and O–H groups in total. The molecule has 0 aromatic rings. The molecule has 0 amide bonds. The first-order chi connectivity index (χ1) is 17.1. The van der Waals surface area contributed by atoms with E-state index in [9.17, 15) is 9.59 Å². The second-order valence-corrected chi connectivity index (χ2v) is 11.9. The highest BCUT2D eigenvalue weighted by Gasteiger charge is 2.74. The molecule has 5 rings (SSSR count). The number of fused-ring (bicyclic) bond motifs is 7. The predicted octanol–water partition coefficient (Wildman–Crippen LogP) is 4.82. The molecule has 36 heavy (non-hydrogen) atoms. The van der Waals surface area contributed by atoms with Crippen molar-refractivity contribution in [1.82, 2.24) is 0 Å². The van der Waals surface area contributed by atoms with Crippen LogP contribution in [-0.2, 0) is 28.7 Å². The standard InChI is InChI=1S/C28H40N2O6/c1-7-34-25(32)24-23-15-22-20-9-8-18-14-19(35-17(3)31)10-12-26(18,4)21(20)11-13-27(22,5)28(23,36-30-24)16(2)29-33-6/h8,19-23H,7,9-15H2,1-6H3/t19-,20-,21+,22+,23-,26-,27-,28-/m0/s1. The summed E-state index contributed by atoms with van der Waals surface area (Å²) >= 11 is 0. The van der Waals surface area contributed by atoms with Gasteiger partial charge in [0, 0.05) is 18.8 Å². The van der Waals surface area contributed by atoms with Gasteiger partial charge < -0.3 is 19.1 Å². The summed E-state index contributed by atoms with van der Waals surface area (Å²) in [6.45, 7) is 10.3. The Morgan fingerprint density at radius 3 is 2.67 bits per heavy atom. The fourth-order valence-corrected chi connectivity index (χ4v) is 8.97. The van der Waals surface area contributed by atoms with E-state index in [1.807, 2.05) is 13.8 Å². The molecule has 1 heterocycles. The van der Waals surface area contributed by atoms with E-state index in [1.54, 1.807) is 7.11 Å². The highest BCUT2D eigenvalue weighted by molar-refractivity contribution is 6.38. The maximum atomic E-state index is 12.9. The Balaban J connectivity index is 1.50. The summed E-state index contributed by atoms with van der Waals surface area (Å²) in [5, 5.41) is 8.66. The number of esters is 2. The van der Waals surface area contributed by atoms with Crippen molar-refractivity contribution in [3.8, 4) is 0 Å². The van der Waals surface area contributed by atoms with E-state index in [0.717, 1.165) is 50.7 Å². The quantitative estimate of drug-likeness (QED) is 0.232. The number of hydrogen-bond acceptors (Lipinski definition) is 8. The number of carbonyl (C=O) groups excluding carboxylic acids is 2. The van der Waals surface area contributed by atoms with Crippen LogP contribution in [-0.4, -0.2) is 48.8 Å². The highest BCUT2D eigenvalue weighted by atomic mass is 16.7. The zero-order chi connectivity index (χ0) is 25.9. The van der Waals surface area contributed by atoms with Crippen LogP contribution in [0.4, 0.5) is 0 Å². The van der Waals surface area contributed by atoms with Gasteiger partial charge in [0.2, 0.25) is 0 Å². The van der Waals surface area contributed by atoms with E-state index >= 15 is 0 Å². The van der Waals surface area contributed by atoms with Gasteiger partial charge in [-0.25, -0.2) is 4.79 Å². The number of rotatable bonds is 5. The summed E-state index contributed by atoms with van der Waals surface area (Å²) in [6.07, 6.45) is 9.07. The van der Waals surface area contributed by atoms with Crippen LogP contribution in [0.1, 0.15) is 79.6 Å². The van der Waals surface area contributed by atoms with Crippen molar-refractivity contribution in [2.24, 2.45) is 44.8 Å². The van der Waals surface area contributed by atoms with Gasteiger partial charge in [-0.2, -0.15) is 0 Å². The van der Waals surface area contributed by atoms with Gasteiger partial charge in [-0.3, -0.25) is 4.79 Å². The summed E-state index contributed by atoms with van der Waals surface area (Å²) in [6, 6.07) is 0. The third-order valence-corrected chi connectivity index (χ3v) is 10.5. The summed E-state index contributed by atoms with van der Waals surface area (Å²) in [7, 11) is 1.54. The number of nitrogens with zero attached hydrogens (tertiary/aromatic N) is 2. The summed E-state index contributed by atoms with van der Waals surface area (Å²) in [4.78, 5) is 36.0. The molecule has 0 radical (unpaired) electrons. The minimum atomic E-state index is -0.807. The molecule has 8 heteroatoms. The average Bonchev–Trinajstić information content (AvgIpc) is 3.33. The van der Waals surface area contributed by atoms with Crippen LogP contribution in [0.5, 0.6) is 0 Å². The molecule has 8 nitrogen and oxygen atoms in total. The van der Waals surface area contributed by atoms with E-state index in [-0.39, 0.29) is 28.8 Å². The molecule has 1 aliphatic heterocycles. The Morgan fingerprint density at radius 2 is 1.97 bits per heavy atom. The molecule has 198 valence electrons. The van der Waals surface area contributed by atoms with Crippen molar-refractivity contribution in [2.75, 3.05) is 13.7 Å². The molecule has 0 unspecified atom stereocenters. The number of ether oxygens (including phenoxy) is 2. The monoisotopic (exact) mass is 500 g/mol. The maximum Gasteiger partial charge on any atom is 0.356 e. The van der Waals surface area contributed by atoms with E-state index in [0.29, 0.717) is 30.1 Å². The van der Waals surface area contributed by atoms with Gasteiger partial charge in [-0.05, 0) is 75.5 Å². The number of oxime groups is 2. The van der Waals surface area contributed by atoms with Crippen molar-refractivity contribution < 1.29 is 28.7 Å². The third-order valence-electron chi connectivity index (χ3n) is 10.5. The van der Waals surface area contributed by atoms with Crippen molar-refractivity contribution >= 4 is 23.4 Å². The van der Waals surface area contributed by atoms with Crippen molar-refractivity contribution in [1.29, 1.82) is 0 Å². The maximum absolute atomic E-state index is 12.9. The summed E-state index contributed by atoms with van der Waals surface area (Å²) < 4.78 is 11.0.